The number of carbonyl (C=O) groups is 3. The van der Waals surface area contributed by atoms with E-state index in [1.807, 2.05) is 0 Å². The van der Waals surface area contributed by atoms with Crippen molar-refractivity contribution in [2.45, 2.75) is 52.3 Å². The van der Waals surface area contributed by atoms with E-state index in [0.29, 0.717) is 41.5 Å². The standard InChI is InChI=1S/C27H30F3N3O5S/c1-4-37-24(35)18-7-6-12-32(14-18)21(34)13-20-15-39-26-31-16(3)22(25(36)38-5-2)23(33(20)26)17-8-10-19(11-9-17)27(28,29)30/h8-11,15,18,23H,4-7,12-14H2,1-3H3/t18-,23+/m1/s1. The lowest BCUT2D eigenvalue weighted by Crippen LogP contribution is -2.44. The molecule has 0 spiro atoms. The second-order valence-corrected chi connectivity index (χ2v) is 10.2. The number of amides is 1. The number of ether oxygens (including phenoxy) is 2. The fourth-order valence-electron chi connectivity index (χ4n) is 4.93. The molecule has 2 atom stereocenters. The highest BCUT2D eigenvalue weighted by Gasteiger charge is 2.42. The lowest BCUT2D eigenvalue weighted by molar-refractivity contribution is -0.151. The van der Waals surface area contributed by atoms with Gasteiger partial charge in [0, 0.05) is 18.8 Å². The smallest absolute Gasteiger partial charge is 0.416 e. The van der Waals surface area contributed by atoms with Gasteiger partial charge in [0.25, 0.3) is 0 Å². The van der Waals surface area contributed by atoms with Crippen LogP contribution in [-0.2, 0) is 30.0 Å². The molecule has 3 aliphatic rings. The molecule has 1 amide bonds. The maximum atomic E-state index is 13.4. The first-order chi connectivity index (χ1) is 18.5. The van der Waals surface area contributed by atoms with E-state index in [2.05, 4.69) is 4.99 Å². The van der Waals surface area contributed by atoms with Crippen LogP contribution in [0.25, 0.3) is 0 Å². The molecule has 0 radical (unpaired) electrons. The van der Waals surface area contributed by atoms with E-state index in [1.54, 1.807) is 36.0 Å². The number of alkyl halides is 3. The number of rotatable bonds is 7. The molecule has 1 aromatic rings. The summed E-state index contributed by atoms with van der Waals surface area (Å²) >= 11 is 1.27. The molecule has 0 unspecified atom stereocenters. The number of hydrogen-bond acceptors (Lipinski definition) is 8. The molecule has 0 saturated carbocycles. The summed E-state index contributed by atoms with van der Waals surface area (Å²) in [7, 11) is 0. The molecule has 210 valence electrons. The van der Waals surface area contributed by atoms with E-state index in [9.17, 15) is 27.6 Å². The number of thioether (sulfide) groups is 1. The highest BCUT2D eigenvalue weighted by atomic mass is 32.2. The van der Waals surface area contributed by atoms with Crippen LogP contribution in [0.2, 0.25) is 0 Å². The number of nitrogens with zero attached hydrogens (tertiary/aromatic N) is 3. The average Bonchev–Trinajstić information content (AvgIpc) is 3.29. The molecule has 8 nitrogen and oxygen atoms in total. The van der Waals surface area contributed by atoms with E-state index in [4.69, 9.17) is 9.47 Å². The number of fused-ring (bicyclic) bond motifs is 1. The molecule has 4 rings (SSSR count). The second-order valence-electron chi connectivity index (χ2n) is 9.34. The number of halogens is 3. The van der Waals surface area contributed by atoms with Crippen LogP contribution in [0.1, 0.15) is 57.2 Å². The Morgan fingerprint density at radius 2 is 1.79 bits per heavy atom. The van der Waals surface area contributed by atoms with Gasteiger partial charge in [0.1, 0.15) is 0 Å². The summed E-state index contributed by atoms with van der Waals surface area (Å²) in [5.74, 6) is -1.54. The first-order valence-electron chi connectivity index (χ1n) is 12.8. The van der Waals surface area contributed by atoms with Crippen molar-refractivity contribution < 1.29 is 37.0 Å². The number of esters is 2. The van der Waals surface area contributed by atoms with E-state index in [0.717, 1.165) is 12.1 Å². The number of benzene rings is 1. The SMILES string of the molecule is CCOC(=O)C1=C(C)N=C2SC=C(CC(=O)N3CCC[C@@H](C(=O)OCC)C3)N2[C@H]1c1ccc(C(F)(F)F)cc1. The lowest BCUT2D eigenvalue weighted by atomic mass is 9.93. The van der Waals surface area contributed by atoms with Crippen LogP contribution in [0.5, 0.6) is 0 Å². The topological polar surface area (TPSA) is 88.5 Å². The zero-order valence-electron chi connectivity index (χ0n) is 21.9. The Kier molecular flexibility index (Phi) is 8.73. The maximum absolute atomic E-state index is 13.4. The molecule has 0 aliphatic carbocycles. The molecule has 1 aromatic carbocycles. The zero-order chi connectivity index (χ0) is 28.3. The van der Waals surface area contributed by atoms with Crippen LogP contribution in [0.4, 0.5) is 13.2 Å². The summed E-state index contributed by atoms with van der Waals surface area (Å²) in [4.78, 5) is 46.6. The summed E-state index contributed by atoms with van der Waals surface area (Å²) in [6, 6.07) is 3.78. The Bertz CT molecular complexity index is 1230. The van der Waals surface area contributed by atoms with Gasteiger partial charge in [-0.05, 0) is 56.7 Å². The molecular formula is C27H30F3N3O5S. The molecule has 12 heteroatoms. The molecule has 39 heavy (non-hydrogen) atoms. The van der Waals surface area contributed by atoms with Crippen molar-refractivity contribution in [1.29, 1.82) is 0 Å². The molecular weight excluding hydrogens is 535 g/mol. The third-order valence-electron chi connectivity index (χ3n) is 6.78. The predicted molar refractivity (Wildman–Crippen MR) is 139 cm³/mol. The van der Waals surface area contributed by atoms with Gasteiger partial charge in [0.15, 0.2) is 5.17 Å². The van der Waals surface area contributed by atoms with Gasteiger partial charge < -0.3 is 19.3 Å². The Labute approximate surface area is 228 Å². The quantitative estimate of drug-likeness (QED) is 0.428. The Balaban J connectivity index is 1.63. The first kappa shape index (κ1) is 28.7. The van der Waals surface area contributed by atoms with Crippen molar-refractivity contribution in [2.75, 3.05) is 26.3 Å². The third-order valence-corrected chi connectivity index (χ3v) is 7.66. The lowest BCUT2D eigenvalue weighted by Gasteiger charge is -2.37. The van der Waals surface area contributed by atoms with Gasteiger partial charge in [-0.15, -0.1) is 0 Å². The molecule has 0 aromatic heterocycles. The minimum Gasteiger partial charge on any atom is -0.466 e. The van der Waals surface area contributed by atoms with Gasteiger partial charge in [0.2, 0.25) is 5.91 Å². The monoisotopic (exact) mass is 565 g/mol. The van der Waals surface area contributed by atoms with Gasteiger partial charge in [-0.2, -0.15) is 13.2 Å². The average molecular weight is 566 g/mol. The summed E-state index contributed by atoms with van der Waals surface area (Å²) < 4.78 is 50.2. The molecule has 0 bridgehead atoms. The highest BCUT2D eigenvalue weighted by molar-refractivity contribution is 8.16. The minimum atomic E-state index is -4.51. The minimum absolute atomic E-state index is 0.0339. The first-order valence-corrected chi connectivity index (χ1v) is 13.7. The molecule has 0 N–H and O–H groups in total. The van der Waals surface area contributed by atoms with Gasteiger partial charge in [-0.3, -0.25) is 9.59 Å². The van der Waals surface area contributed by atoms with Crippen molar-refractivity contribution in [3.05, 3.63) is 57.8 Å². The predicted octanol–water partition coefficient (Wildman–Crippen LogP) is 5.04. The maximum Gasteiger partial charge on any atom is 0.416 e. The van der Waals surface area contributed by atoms with Crippen molar-refractivity contribution in [3.8, 4) is 0 Å². The second kappa shape index (κ2) is 11.8. The summed E-state index contributed by atoms with van der Waals surface area (Å²) in [6.07, 6.45) is -3.23. The van der Waals surface area contributed by atoms with Crippen LogP contribution in [0.3, 0.4) is 0 Å². The van der Waals surface area contributed by atoms with Crippen molar-refractivity contribution in [2.24, 2.45) is 10.9 Å². The van der Waals surface area contributed by atoms with Gasteiger partial charge in [-0.25, -0.2) is 9.79 Å². The number of piperidine rings is 1. The van der Waals surface area contributed by atoms with E-state index >= 15 is 0 Å². The molecule has 3 heterocycles. The number of carbonyl (C=O) groups excluding carboxylic acids is 3. The molecule has 3 aliphatic heterocycles. The van der Waals surface area contributed by atoms with Crippen molar-refractivity contribution >= 4 is 34.8 Å². The molecule has 1 saturated heterocycles. The normalized spacial score (nSPS) is 21.3. The van der Waals surface area contributed by atoms with Gasteiger partial charge in [-0.1, -0.05) is 23.9 Å². The number of allylic oxidation sites excluding steroid dienone is 1. The Morgan fingerprint density at radius 1 is 1.10 bits per heavy atom. The van der Waals surface area contributed by atoms with Crippen molar-refractivity contribution in [1.82, 2.24) is 9.80 Å². The van der Waals surface area contributed by atoms with Gasteiger partial charge in [0.05, 0.1) is 48.4 Å². The summed E-state index contributed by atoms with van der Waals surface area (Å²) in [6.45, 7) is 6.19. The van der Waals surface area contributed by atoms with Crippen LogP contribution >= 0.6 is 11.8 Å². The fraction of sp³-hybridized carbons (Fsp3) is 0.481. The molecule has 1 fully saturated rings. The third kappa shape index (κ3) is 6.15. The zero-order valence-corrected chi connectivity index (χ0v) is 22.7. The Hall–Kier alpha value is -3.28. The summed E-state index contributed by atoms with van der Waals surface area (Å²) in [5.41, 5.74) is 0.769. The Morgan fingerprint density at radius 3 is 2.44 bits per heavy atom. The number of aliphatic imine (C=N–C) groups is 1. The van der Waals surface area contributed by atoms with Crippen LogP contribution in [-0.4, -0.2) is 59.1 Å². The van der Waals surface area contributed by atoms with Crippen LogP contribution in [0, 0.1) is 5.92 Å². The highest BCUT2D eigenvalue weighted by Crippen LogP contribution is 2.45. The number of amidine groups is 1. The largest absolute Gasteiger partial charge is 0.466 e. The van der Waals surface area contributed by atoms with E-state index in [1.165, 1.54) is 23.9 Å². The summed E-state index contributed by atoms with van der Waals surface area (Å²) in [5, 5.41) is 2.28. The van der Waals surface area contributed by atoms with Gasteiger partial charge >= 0.3 is 18.1 Å². The fourth-order valence-corrected chi connectivity index (χ4v) is 5.90. The van der Waals surface area contributed by atoms with E-state index < -0.39 is 23.8 Å². The van der Waals surface area contributed by atoms with E-state index in [-0.39, 0.29) is 49.5 Å². The number of likely N-dealkylation sites (tertiary alicyclic amines) is 1. The van der Waals surface area contributed by atoms with Crippen LogP contribution in [0.15, 0.2) is 51.6 Å². The van der Waals surface area contributed by atoms with Crippen molar-refractivity contribution in [3.63, 3.8) is 0 Å². The number of hydrogen-bond donors (Lipinski definition) is 0. The van der Waals surface area contributed by atoms with Crippen LogP contribution < -0.4 is 0 Å².